The number of hydrogen-bond acceptors (Lipinski definition) is 4. The minimum Gasteiger partial charge on any atom is -0.466 e. The van der Waals surface area contributed by atoms with E-state index in [4.69, 9.17) is 4.74 Å². The van der Waals surface area contributed by atoms with Crippen molar-refractivity contribution in [3.63, 3.8) is 0 Å². The first-order valence-corrected chi connectivity index (χ1v) is 5.26. The van der Waals surface area contributed by atoms with Gasteiger partial charge in [-0.25, -0.2) is 0 Å². The van der Waals surface area contributed by atoms with Gasteiger partial charge in [-0.15, -0.1) is 0 Å². The lowest BCUT2D eigenvalue weighted by atomic mass is 10.2. The van der Waals surface area contributed by atoms with Crippen molar-refractivity contribution in [3.8, 4) is 0 Å². The lowest BCUT2D eigenvalue weighted by molar-refractivity contribution is -0.142. The zero-order chi connectivity index (χ0) is 12.7. The predicted octanol–water partition coefficient (Wildman–Crippen LogP) is 0.0579. The Hall–Kier alpha value is -2.11. The molecular weight excluding hydrogens is 224 g/mol. The highest BCUT2D eigenvalue weighted by Crippen LogP contribution is 1.89. The number of carbonyl (C=O) groups is 2. The normalized spacial score (nSPS) is 9.71. The highest BCUT2D eigenvalue weighted by Gasteiger charge is 2.09. The van der Waals surface area contributed by atoms with Crippen LogP contribution in [0.2, 0.25) is 0 Å². The Bertz CT molecular complexity index is 453. The third kappa shape index (κ3) is 4.10. The van der Waals surface area contributed by atoms with Gasteiger partial charge < -0.3 is 15.0 Å². The van der Waals surface area contributed by atoms with E-state index in [2.05, 4.69) is 10.3 Å². The van der Waals surface area contributed by atoms with Crippen LogP contribution in [-0.2, 0) is 9.53 Å². The summed E-state index contributed by atoms with van der Waals surface area (Å²) in [7, 11) is 0. The van der Waals surface area contributed by atoms with Gasteiger partial charge in [-0.3, -0.25) is 14.4 Å². The molecule has 0 saturated heterocycles. The highest BCUT2D eigenvalue weighted by molar-refractivity contribution is 5.93. The fourth-order valence-corrected chi connectivity index (χ4v) is 1.20. The number of esters is 1. The van der Waals surface area contributed by atoms with Crippen LogP contribution in [0.4, 0.5) is 0 Å². The smallest absolute Gasteiger partial charge is 0.307 e. The zero-order valence-corrected chi connectivity index (χ0v) is 9.49. The molecule has 0 aliphatic heterocycles. The van der Waals surface area contributed by atoms with E-state index in [0.29, 0.717) is 6.61 Å². The van der Waals surface area contributed by atoms with Gasteiger partial charge in [0.1, 0.15) is 5.56 Å². The SMILES string of the molecule is CCOC(=O)CCNC(=O)c1c[nH]ccc1=O. The van der Waals surface area contributed by atoms with Crippen molar-refractivity contribution in [1.29, 1.82) is 0 Å². The van der Waals surface area contributed by atoms with E-state index in [1.165, 1.54) is 18.5 Å². The van der Waals surface area contributed by atoms with E-state index in [-0.39, 0.29) is 29.9 Å². The van der Waals surface area contributed by atoms with E-state index in [1.807, 2.05) is 0 Å². The second-order valence-corrected chi connectivity index (χ2v) is 3.23. The van der Waals surface area contributed by atoms with Crippen LogP contribution in [0, 0.1) is 0 Å². The fourth-order valence-electron chi connectivity index (χ4n) is 1.20. The standard InChI is InChI=1S/C11H14N2O4/c1-2-17-10(15)4-6-13-11(16)8-7-12-5-3-9(8)14/h3,5,7H,2,4,6H2,1H3,(H,12,14)(H,13,16). The number of carbonyl (C=O) groups excluding carboxylic acids is 2. The van der Waals surface area contributed by atoms with Gasteiger partial charge in [0.15, 0.2) is 5.43 Å². The molecule has 17 heavy (non-hydrogen) atoms. The summed E-state index contributed by atoms with van der Waals surface area (Å²) < 4.78 is 4.69. The molecule has 1 rings (SSSR count). The number of amides is 1. The molecule has 0 atom stereocenters. The fraction of sp³-hybridized carbons (Fsp3) is 0.364. The van der Waals surface area contributed by atoms with Gasteiger partial charge in [0.25, 0.3) is 5.91 Å². The zero-order valence-electron chi connectivity index (χ0n) is 9.49. The Balaban J connectivity index is 2.43. The van der Waals surface area contributed by atoms with Gasteiger partial charge >= 0.3 is 5.97 Å². The number of pyridine rings is 1. The molecule has 0 radical (unpaired) electrons. The number of rotatable bonds is 5. The van der Waals surface area contributed by atoms with E-state index in [1.54, 1.807) is 6.92 Å². The maximum absolute atomic E-state index is 11.5. The van der Waals surface area contributed by atoms with Crippen LogP contribution in [0.3, 0.4) is 0 Å². The first-order chi connectivity index (χ1) is 8.15. The largest absolute Gasteiger partial charge is 0.466 e. The summed E-state index contributed by atoms with van der Waals surface area (Å²) in [5.41, 5.74) is -0.339. The average Bonchev–Trinajstić information content (AvgIpc) is 2.29. The number of aromatic amines is 1. The third-order valence-corrected chi connectivity index (χ3v) is 1.99. The summed E-state index contributed by atoms with van der Waals surface area (Å²) in [5.74, 6) is -0.883. The molecule has 0 bridgehead atoms. The molecule has 0 aromatic carbocycles. The summed E-state index contributed by atoms with van der Waals surface area (Å²) in [6.07, 6.45) is 2.85. The van der Waals surface area contributed by atoms with Crippen molar-refractivity contribution in [1.82, 2.24) is 10.3 Å². The topological polar surface area (TPSA) is 88.3 Å². The Morgan fingerprint density at radius 2 is 2.24 bits per heavy atom. The van der Waals surface area contributed by atoms with E-state index >= 15 is 0 Å². The van der Waals surface area contributed by atoms with Crippen LogP contribution in [0.5, 0.6) is 0 Å². The third-order valence-electron chi connectivity index (χ3n) is 1.99. The molecule has 1 amide bonds. The minimum absolute atomic E-state index is 0.0244. The van der Waals surface area contributed by atoms with Crippen molar-refractivity contribution < 1.29 is 14.3 Å². The maximum atomic E-state index is 11.5. The Kier molecular flexibility index (Phi) is 4.93. The Morgan fingerprint density at radius 3 is 2.88 bits per heavy atom. The Labute approximate surface area is 98.0 Å². The summed E-state index contributed by atoms with van der Waals surface area (Å²) >= 11 is 0. The minimum atomic E-state index is -0.504. The van der Waals surface area contributed by atoms with Crippen LogP contribution in [-0.4, -0.2) is 30.0 Å². The van der Waals surface area contributed by atoms with Crippen molar-refractivity contribution in [2.24, 2.45) is 0 Å². The summed E-state index contributed by atoms with van der Waals surface area (Å²) in [6, 6.07) is 1.26. The molecule has 1 aromatic heterocycles. The molecule has 0 fully saturated rings. The molecule has 1 aromatic rings. The number of ether oxygens (including phenoxy) is 1. The van der Waals surface area contributed by atoms with Crippen molar-refractivity contribution in [2.45, 2.75) is 13.3 Å². The summed E-state index contributed by atoms with van der Waals surface area (Å²) in [4.78, 5) is 36.4. The van der Waals surface area contributed by atoms with Gasteiger partial charge in [0.2, 0.25) is 0 Å². The molecule has 92 valence electrons. The lowest BCUT2D eigenvalue weighted by Crippen LogP contribution is -2.30. The van der Waals surface area contributed by atoms with Gasteiger partial charge in [0, 0.05) is 25.0 Å². The molecule has 1 heterocycles. The number of H-pyrrole nitrogens is 1. The van der Waals surface area contributed by atoms with E-state index in [9.17, 15) is 14.4 Å². The monoisotopic (exact) mass is 238 g/mol. The van der Waals surface area contributed by atoms with Crippen LogP contribution in [0.15, 0.2) is 23.3 Å². The molecule has 0 saturated carbocycles. The van der Waals surface area contributed by atoms with Crippen LogP contribution in [0.1, 0.15) is 23.7 Å². The average molecular weight is 238 g/mol. The molecule has 0 unspecified atom stereocenters. The molecule has 0 aliphatic rings. The van der Waals surface area contributed by atoms with Gasteiger partial charge in [-0.1, -0.05) is 0 Å². The number of nitrogens with one attached hydrogen (secondary N) is 2. The van der Waals surface area contributed by atoms with Gasteiger partial charge in [0.05, 0.1) is 13.0 Å². The maximum Gasteiger partial charge on any atom is 0.307 e. The van der Waals surface area contributed by atoms with Crippen molar-refractivity contribution in [2.75, 3.05) is 13.2 Å². The van der Waals surface area contributed by atoms with Crippen molar-refractivity contribution >= 4 is 11.9 Å². The molecule has 0 spiro atoms. The van der Waals surface area contributed by atoms with Crippen LogP contribution < -0.4 is 10.7 Å². The Morgan fingerprint density at radius 1 is 1.47 bits per heavy atom. The lowest BCUT2D eigenvalue weighted by Gasteiger charge is -2.04. The van der Waals surface area contributed by atoms with Gasteiger partial charge in [-0.2, -0.15) is 0 Å². The first kappa shape index (κ1) is 13.0. The molecular formula is C11H14N2O4. The van der Waals surface area contributed by atoms with Crippen LogP contribution in [0.25, 0.3) is 0 Å². The quantitative estimate of drug-likeness (QED) is 0.710. The van der Waals surface area contributed by atoms with Crippen LogP contribution >= 0.6 is 0 Å². The number of hydrogen-bond donors (Lipinski definition) is 2. The second-order valence-electron chi connectivity index (χ2n) is 3.23. The summed E-state index contributed by atoms with van der Waals surface area (Å²) in [5, 5.41) is 2.47. The molecule has 6 nitrogen and oxygen atoms in total. The summed E-state index contributed by atoms with van der Waals surface area (Å²) in [6.45, 7) is 2.16. The van der Waals surface area contributed by atoms with Gasteiger partial charge in [-0.05, 0) is 6.92 Å². The van der Waals surface area contributed by atoms with E-state index in [0.717, 1.165) is 0 Å². The molecule has 0 aliphatic carbocycles. The second kappa shape index (κ2) is 6.47. The van der Waals surface area contributed by atoms with Crippen molar-refractivity contribution in [3.05, 3.63) is 34.2 Å². The number of aromatic nitrogens is 1. The molecule has 6 heteroatoms. The first-order valence-electron chi connectivity index (χ1n) is 5.26. The van der Waals surface area contributed by atoms with E-state index < -0.39 is 5.91 Å². The predicted molar refractivity (Wildman–Crippen MR) is 60.6 cm³/mol. The highest BCUT2D eigenvalue weighted by atomic mass is 16.5. The molecule has 2 N–H and O–H groups in total.